The minimum atomic E-state index is -1.10. The second-order valence-corrected chi connectivity index (χ2v) is 2.96. The van der Waals surface area contributed by atoms with E-state index in [9.17, 15) is 0 Å². The number of aliphatic hydroxyl groups excluding tert-OH is 1. The Kier molecular flexibility index (Phi) is 2.09. The highest BCUT2D eigenvalue weighted by Gasteiger charge is 2.27. The first-order chi connectivity index (χ1) is 4.22. The molecule has 0 aromatic carbocycles. The molecule has 2 N–H and O–H groups in total. The van der Waals surface area contributed by atoms with Crippen LogP contribution in [-0.4, -0.2) is 16.5 Å². The van der Waals surface area contributed by atoms with E-state index in [2.05, 4.69) is 0 Å². The van der Waals surface area contributed by atoms with Crippen molar-refractivity contribution in [1.82, 2.24) is 0 Å². The third-order valence-corrected chi connectivity index (χ3v) is 2.36. The first-order valence-electron chi connectivity index (χ1n) is 3.58. The smallest absolute Gasteiger partial charge is 0.154 e. The summed E-state index contributed by atoms with van der Waals surface area (Å²) in [4.78, 5) is 0. The molecular weight excluding hydrogens is 116 g/mol. The van der Waals surface area contributed by atoms with Gasteiger partial charge < -0.3 is 10.2 Å². The van der Waals surface area contributed by atoms with Crippen LogP contribution in [0.4, 0.5) is 0 Å². The molecule has 1 aliphatic rings. The van der Waals surface area contributed by atoms with Crippen LogP contribution in [0.15, 0.2) is 0 Å². The third kappa shape index (κ3) is 1.43. The molecule has 2 nitrogen and oxygen atoms in total. The molecule has 9 heavy (non-hydrogen) atoms. The highest BCUT2D eigenvalue weighted by molar-refractivity contribution is 4.75. The van der Waals surface area contributed by atoms with Crippen molar-refractivity contribution in [2.75, 3.05) is 0 Å². The summed E-state index contributed by atoms with van der Waals surface area (Å²) in [6.45, 7) is 1.90. The van der Waals surface area contributed by atoms with Gasteiger partial charge >= 0.3 is 0 Å². The summed E-state index contributed by atoms with van der Waals surface area (Å²) in [7, 11) is 0. The van der Waals surface area contributed by atoms with E-state index >= 15 is 0 Å². The van der Waals surface area contributed by atoms with E-state index in [1.54, 1.807) is 0 Å². The van der Waals surface area contributed by atoms with Crippen molar-refractivity contribution in [3.05, 3.63) is 0 Å². The average molecular weight is 130 g/mol. The lowest BCUT2D eigenvalue weighted by Crippen LogP contribution is -2.29. The molecule has 1 unspecified atom stereocenters. The first-order valence-corrected chi connectivity index (χ1v) is 3.58. The van der Waals surface area contributed by atoms with Gasteiger partial charge in [0.05, 0.1) is 0 Å². The predicted molar refractivity (Wildman–Crippen MR) is 34.7 cm³/mol. The molecule has 1 rings (SSSR count). The van der Waals surface area contributed by atoms with Gasteiger partial charge in [-0.3, -0.25) is 0 Å². The highest BCUT2D eigenvalue weighted by atomic mass is 16.5. The topological polar surface area (TPSA) is 40.5 Å². The Morgan fingerprint density at radius 2 is 1.89 bits per heavy atom. The fourth-order valence-electron chi connectivity index (χ4n) is 1.21. The fraction of sp³-hybridized carbons (Fsp3) is 1.00. The molecule has 0 heterocycles. The monoisotopic (exact) mass is 130 g/mol. The number of hydrogen-bond donors (Lipinski definition) is 2. The van der Waals surface area contributed by atoms with Gasteiger partial charge in [-0.25, -0.2) is 0 Å². The lowest BCUT2D eigenvalue weighted by atomic mass is 9.76. The Labute approximate surface area is 55.5 Å². The van der Waals surface area contributed by atoms with Crippen LogP contribution in [0.25, 0.3) is 0 Å². The standard InChI is InChI=1S/C7H14O2/c1-5(7(8)9)6-3-2-4-6/h5-9H,2-4H2,1H3. The minimum absolute atomic E-state index is 0.0822. The predicted octanol–water partition coefficient (Wildman–Crippen LogP) is 0.733. The summed E-state index contributed by atoms with van der Waals surface area (Å²) < 4.78 is 0. The van der Waals surface area contributed by atoms with Crippen LogP contribution in [0.1, 0.15) is 26.2 Å². The molecule has 0 aliphatic heterocycles. The molecule has 1 saturated carbocycles. The van der Waals surface area contributed by atoms with Crippen LogP contribution >= 0.6 is 0 Å². The molecule has 0 radical (unpaired) electrons. The van der Waals surface area contributed by atoms with Gasteiger partial charge in [-0.1, -0.05) is 13.3 Å². The van der Waals surface area contributed by atoms with E-state index in [-0.39, 0.29) is 5.92 Å². The Bertz CT molecular complexity index is 86.9. The van der Waals surface area contributed by atoms with E-state index in [4.69, 9.17) is 10.2 Å². The third-order valence-electron chi connectivity index (χ3n) is 2.36. The van der Waals surface area contributed by atoms with Crippen LogP contribution in [0.5, 0.6) is 0 Å². The van der Waals surface area contributed by atoms with Gasteiger partial charge in [-0.2, -0.15) is 0 Å². The van der Waals surface area contributed by atoms with Crippen LogP contribution in [0.3, 0.4) is 0 Å². The molecule has 2 heteroatoms. The molecule has 0 spiro atoms. The summed E-state index contributed by atoms with van der Waals surface area (Å²) >= 11 is 0. The molecule has 0 aromatic heterocycles. The van der Waals surface area contributed by atoms with Crippen LogP contribution in [-0.2, 0) is 0 Å². The lowest BCUT2D eigenvalue weighted by molar-refractivity contribution is -0.104. The van der Waals surface area contributed by atoms with Gasteiger partial charge in [0.2, 0.25) is 0 Å². The van der Waals surface area contributed by atoms with Crippen molar-refractivity contribution in [2.45, 2.75) is 32.5 Å². The summed E-state index contributed by atoms with van der Waals surface area (Å²) in [6, 6.07) is 0. The summed E-state index contributed by atoms with van der Waals surface area (Å²) in [5.74, 6) is 0.656. The fourth-order valence-corrected chi connectivity index (χ4v) is 1.21. The molecule has 1 aliphatic carbocycles. The Balaban J connectivity index is 2.23. The van der Waals surface area contributed by atoms with E-state index in [1.165, 1.54) is 19.3 Å². The minimum Gasteiger partial charge on any atom is -0.368 e. The Hall–Kier alpha value is -0.0800. The molecule has 0 saturated heterocycles. The van der Waals surface area contributed by atoms with Gasteiger partial charge in [-0.05, 0) is 18.8 Å². The molecule has 0 aromatic rings. The zero-order valence-corrected chi connectivity index (χ0v) is 5.75. The normalized spacial score (nSPS) is 24.0. The summed E-state index contributed by atoms with van der Waals surface area (Å²) in [5.41, 5.74) is 0. The van der Waals surface area contributed by atoms with Crippen molar-refractivity contribution >= 4 is 0 Å². The average Bonchev–Trinajstić information content (AvgIpc) is 1.60. The molecule has 1 atom stereocenters. The maximum atomic E-state index is 8.71. The number of aliphatic hydroxyl groups is 2. The van der Waals surface area contributed by atoms with Crippen LogP contribution in [0.2, 0.25) is 0 Å². The zero-order chi connectivity index (χ0) is 6.85. The Morgan fingerprint density at radius 1 is 1.33 bits per heavy atom. The molecule has 0 amide bonds. The number of hydrogen-bond acceptors (Lipinski definition) is 2. The van der Waals surface area contributed by atoms with E-state index in [0.717, 1.165) is 0 Å². The molecule has 0 bridgehead atoms. The maximum Gasteiger partial charge on any atom is 0.154 e. The summed E-state index contributed by atoms with van der Waals surface area (Å²) in [6.07, 6.45) is 2.52. The van der Waals surface area contributed by atoms with E-state index in [0.29, 0.717) is 5.92 Å². The van der Waals surface area contributed by atoms with Crippen molar-refractivity contribution in [1.29, 1.82) is 0 Å². The SMILES string of the molecule is CC(C(O)O)C1CCC1. The van der Waals surface area contributed by atoms with Gasteiger partial charge in [0.15, 0.2) is 6.29 Å². The first kappa shape index (κ1) is 7.03. The second kappa shape index (κ2) is 2.67. The van der Waals surface area contributed by atoms with Crippen molar-refractivity contribution in [3.63, 3.8) is 0 Å². The van der Waals surface area contributed by atoms with Gasteiger partial charge in [0, 0.05) is 5.92 Å². The van der Waals surface area contributed by atoms with E-state index < -0.39 is 6.29 Å². The largest absolute Gasteiger partial charge is 0.368 e. The number of rotatable bonds is 2. The van der Waals surface area contributed by atoms with Gasteiger partial charge in [-0.15, -0.1) is 0 Å². The zero-order valence-electron chi connectivity index (χ0n) is 5.75. The van der Waals surface area contributed by atoms with Gasteiger partial charge in [0.25, 0.3) is 0 Å². The van der Waals surface area contributed by atoms with Gasteiger partial charge in [0.1, 0.15) is 0 Å². The quantitative estimate of drug-likeness (QED) is 0.541. The maximum absolute atomic E-state index is 8.71. The molecular formula is C7H14O2. The Morgan fingerprint density at radius 3 is 2.00 bits per heavy atom. The lowest BCUT2D eigenvalue weighted by Gasteiger charge is -2.32. The second-order valence-electron chi connectivity index (χ2n) is 2.96. The van der Waals surface area contributed by atoms with Crippen molar-refractivity contribution < 1.29 is 10.2 Å². The highest BCUT2D eigenvalue weighted by Crippen LogP contribution is 2.34. The van der Waals surface area contributed by atoms with Crippen molar-refractivity contribution in [2.24, 2.45) is 11.8 Å². The van der Waals surface area contributed by atoms with E-state index in [1.807, 2.05) is 6.92 Å². The molecule has 54 valence electrons. The van der Waals surface area contributed by atoms with Crippen LogP contribution < -0.4 is 0 Å². The van der Waals surface area contributed by atoms with Crippen molar-refractivity contribution in [3.8, 4) is 0 Å². The molecule has 1 fully saturated rings. The summed E-state index contributed by atoms with van der Waals surface area (Å²) in [5, 5.41) is 17.4. The van der Waals surface area contributed by atoms with Crippen LogP contribution in [0, 0.1) is 11.8 Å².